The highest BCUT2D eigenvalue weighted by Gasteiger charge is 2.18. The molecule has 4 heteroatoms. The fourth-order valence-corrected chi connectivity index (χ4v) is 3.26. The minimum Gasteiger partial charge on any atom is -0.312 e. The van der Waals surface area contributed by atoms with Crippen molar-refractivity contribution < 1.29 is 0 Å². The van der Waals surface area contributed by atoms with E-state index >= 15 is 0 Å². The second-order valence-corrected chi connectivity index (χ2v) is 6.60. The van der Waals surface area contributed by atoms with Gasteiger partial charge >= 0.3 is 0 Å². The van der Waals surface area contributed by atoms with E-state index in [1.54, 1.807) is 11.3 Å². The summed E-state index contributed by atoms with van der Waals surface area (Å²) in [5, 5.41) is 5.74. The van der Waals surface area contributed by atoms with E-state index in [2.05, 4.69) is 44.6 Å². The second-order valence-electron chi connectivity index (χ2n) is 4.31. The topological polar surface area (TPSA) is 15.3 Å². The first-order valence-corrected chi connectivity index (χ1v) is 7.03. The van der Waals surface area contributed by atoms with Crippen LogP contribution in [0.1, 0.15) is 12.0 Å². The first-order chi connectivity index (χ1) is 7.24. The molecule has 2 nitrogen and oxygen atoms in total. The minimum atomic E-state index is 0.845. The molecule has 0 spiro atoms. The molecule has 1 fully saturated rings. The number of hydrogen-bond donors (Lipinski definition) is 1. The van der Waals surface area contributed by atoms with Gasteiger partial charge in [-0.1, -0.05) is 0 Å². The Morgan fingerprint density at radius 2 is 2.53 bits per heavy atom. The zero-order chi connectivity index (χ0) is 10.7. The molecule has 0 amide bonds. The van der Waals surface area contributed by atoms with E-state index in [1.807, 2.05) is 0 Å². The van der Waals surface area contributed by atoms with Crippen molar-refractivity contribution in [3.05, 3.63) is 20.8 Å². The number of halogens is 1. The van der Waals surface area contributed by atoms with Gasteiger partial charge in [0, 0.05) is 13.1 Å². The van der Waals surface area contributed by atoms with Gasteiger partial charge in [0.15, 0.2) is 0 Å². The van der Waals surface area contributed by atoms with Gasteiger partial charge in [0.2, 0.25) is 0 Å². The van der Waals surface area contributed by atoms with Crippen molar-refractivity contribution in [2.24, 2.45) is 5.92 Å². The van der Waals surface area contributed by atoms with Gasteiger partial charge in [0.1, 0.15) is 0 Å². The van der Waals surface area contributed by atoms with Gasteiger partial charge in [-0.2, -0.15) is 0 Å². The predicted molar refractivity (Wildman–Crippen MR) is 69.3 cm³/mol. The van der Waals surface area contributed by atoms with Crippen molar-refractivity contribution in [2.45, 2.75) is 13.0 Å². The van der Waals surface area contributed by atoms with Crippen LogP contribution in [-0.2, 0) is 6.54 Å². The molecule has 0 saturated carbocycles. The summed E-state index contributed by atoms with van der Waals surface area (Å²) in [6.07, 6.45) is 1.34. The third-order valence-corrected chi connectivity index (χ3v) is 4.43. The van der Waals surface area contributed by atoms with Crippen molar-refractivity contribution in [3.8, 4) is 0 Å². The normalized spacial score (nSPS) is 22.4. The Bertz CT molecular complexity index is 313. The van der Waals surface area contributed by atoms with Crippen LogP contribution in [0.2, 0.25) is 0 Å². The lowest BCUT2D eigenvalue weighted by Gasteiger charge is -2.10. The molecule has 1 aromatic heterocycles. The fraction of sp³-hybridized carbons (Fsp3) is 0.636. The van der Waals surface area contributed by atoms with Crippen LogP contribution in [0.4, 0.5) is 0 Å². The van der Waals surface area contributed by atoms with E-state index in [9.17, 15) is 0 Å². The van der Waals surface area contributed by atoms with Gasteiger partial charge in [0.25, 0.3) is 0 Å². The highest BCUT2D eigenvalue weighted by molar-refractivity contribution is 9.11. The van der Waals surface area contributed by atoms with E-state index in [0.29, 0.717) is 0 Å². The molecule has 1 unspecified atom stereocenters. The predicted octanol–water partition coefficient (Wildman–Crippen LogP) is 2.55. The highest BCUT2D eigenvalue weighted by atomic mass is 79.9. The van der Waals surface area contributed by atoms with Crippen LogP contribution in [0.5, 0.6) is 0 Å². The summed E-state index contributed by atoms with van der Waals surface area (Å²) in [4.78, 5) is 2.41. The summed E-state index contributed by atoms with van der Waals surface area (Å²) in [5.41, 5.74) is 1.39. The molecule has 0 bridgehead atoms. The Kier molecular flexibility index (Phi) is 4.20. The summed E-state index contributed by atoms with van der Waals surface area (Å²) in [6.45, 7) is 4.66. The molecule has 0 aromatic carbocycles. The molecule has 2 heterocycles. The summed E-state index contributed by atoms with van der Waals surface area (Å²) in [5.74, 6) is 0.845. The van der Waals surface area contributed by atoms with Gasteiger partial charge in [0.05, 0.1) is 3.79 Å². The Morgan fingerprint density at radius 3 is 3.13 bits per heavy atom. The van der Waals surface area contributed by atoms with Crippen molar-refractivity contribution in [3.63, 3.8) is 0 Å². The van der Waals surface area contributed by atoms with Gasteiger partial charge < -0.3 is 10.2 Å². The van der Waals surface area contributed by atoms with Gasteiger partial charge in [-0.05, 0) is 65.4 Å². The number of nitrogens with zero attached hydrogens (tertiary/aromatic N) is 1. The third-order valence-electron chi connectivity index (χ3n) is 2.87. The Balaban J connectivity index is 1.67. The molecular weight excluding hydrogens is 272 g/mol. The number of nitrogens with one attached hydrogen (secondary N) is 1. The van der Waals surface area contributed by atoms with Crippen LogP contribution < -0.4 is 5.32 Å². The van der Waals surface area contributed by atoms with Crippen molar-refractivity contribution in [1.29, 1.82) is 0 Å². The van der Waals surface area contributed by atoms with E-state index in [4.69, 9.17) is 0 Å². The van der Waals surface area contributed by atoms with Gasteiger partial charge in [-0.3, -0.25) is 0 Å². The first kappa shape index (κ1) is 11.6. The molecule has 1 atom stereocenters. The van der Waals surface area contributed by atoms with E-state index < -0.39 is 0 Å². The van der Waals surface area contributed by atoms with Crippen molar-refractivity contribution in [1.82, 2.24) is 10.2 Å². The average Bonchev–Trinajstić information content (AvgIpc) is 2.76. The standard InChI is InChI=1S/C11H17BrN2S/c1-14-3-2-9(7-14)5-13-6-10-4-11(12)15-8-10/h4,8-9,13H,2-3,5-7H2,1H3. The van der Waals surface area contributed by atoms with Crippen LogP contribution in [0.25, 0.3) is 0 Å². The lowest BCUT2D eigenvalue weighted by molar-refractivity contribution is 0.388. The molecule has 2 rings (SSSR count). The Morgan fingerprint density at radius 1 is 1.67 bits per heavy atom. The summed E-state index contributed by atoms with van der Waals surface area (Å²) >= 11 is 5.24. The lowest BCUT2D eigenvalue weighted by Crippen LogP contribution is -2.24. The second kappa shape index (κ2) is 5.43. The molecular formula is C11H17BrN2S. The monoisotopic (exact) mass is 288 g/mol. The number of likely N-dealkylation sites (tertiary alicyclic amines) is 1. The Labute approximate surface area is 104 Å². The van der Waals surface area contributed by atoms with Crippen LogP contribution in [0.3, 0.4) is 0 Å². The number of thiophene rings is 1. The maximum absolute atomic E-state index is 3.54. The molecule has 15 heavy (non-hydrogen) atoms. The summed E-state index contributed by atoms with van der Waals surface area (Å²) in [6, 6.07) is 2.19. The first-order valence-electron chi connectivity index (χ1n) is 5.36. The molecule has 1 aromatic rings. The zero-order valence-electron chi connectivity index (χ0n) is 9.00. The summed E-state index contributed by atoms with van der Waals surface area (Å²) < 4.78 is 1.22. The highest BCUT2D eigenvalue weighted by Crippen LogP contribution is 2.20. The fourth-order valence-electron chi connectivity index (χ4n) is 2.05. The molecule has 1 aliphatic rings. The molecule has 1 aliphatic heterocycles. The Hall–Kier alpha value is 0.100. The number of hydrogen-bond acceptors (Lipinski definition) is 3. The molecule has 1 N–H and O–H groups in total. The van der Waals surface area contributed by atoms with Crippen LogP contribution in [0.15, 0.2) is 15.2 Å². The quantitative estimate of drug-likeness (QED) is 0.916. The van der Waals surface area contributed by atoms with Crippen LogP contribution in [0, 0.1) is 5.92 Å². The van der Waals surface area contributed by atoms with E-state index in [1.165, 1.54) is 28.9 Å². The molecule has 0 aliphatic carbocycles. The minimum absolute atomic E-state index is 0.845. The summed E-state index contributed by atoms with van der Waals surface area (Å²) in [7, 11) is 2.20. The third kappa shape index (κ3) is 3.55. The largest absolute Gasteiger partial charge is 0.312 e. The van der Waals surface area contributed by atoms with Crippen LogP contribution in [-0.4, -0.2) is 31.6 Å². The van der Waals surface area contributed by atoms with Crippen molar-refractivity contribution in [2.75, 3.05) is 26.7 Å². The molecule has 0 radical (unpaired) electrons. The van der Waals surface area contributed by atoms with Crippen LogP contribution >= 0.6 is 27.3 Å². The van der Waals surface area contributed by atoms with Gasteiger partial charge in [-0.25, -0.2) is 0 Å². The van der Waals surface area contributed by atoms with Gasteiger partial charge in [-0.15, -0.1) is 11.3 Å². The van der Waals surface area contributed by atoms with E-state index in [0.717, 1.165) is 19.0 Å². The van der Waals surface area contributed by atoms with E-state index in [-0.39, 0.29) is 0 Å². The maximum Gasteiger partial charge on any atom is 0.0701 e. The number of rotatable bonds is 4. The smallest absolute Gasteiger partial charge is 0.0701 e. The molecule has 84 valence electrons. The molecule has 1 saturated heterocycles. The maximum atomic E-state index is 3.54. The van der Waals surface area contributed by atoms with Crippen molar-refractivity contribution >= 4 is 27.3 Å². The lowest BCUT2D eigenvalue weighted by atomic mass is 10.1. The SMILES string of the molecule is CN1CCC(CNCc2csc(Br)c2)C1. The average molecular weight is 289 g/mol. The zero-order valence-corrected chi connectivity index (χ0v) is 11.4.